The fraction of sp³-hybridized carbons (Fsp3) is 0. The van der Waals surface area contributed by atoms with Gasteiger partial charge in [-0.3, -0.25) is 19.7 Å². The second-order valence-electron chi connectivity index (χ2n) is 6.10. The zero-order valence-electron chi connectivity index (χ0n) is 14.9. The molecule has 0 saturated heterocycles. The molecule has 4 aromatic rings. The Morgan fingerprint density at radius 3 is 2.14 bits per heavy atom. The molecule has 0 N–H and O–H groups in total. The molecule has 8 heteroatoms. The molecule has 29 heavy (non-hydrogen) atoms. The molecule has 0 bridgehead atoms. The summed E-state index contributed by atoms with van der Waals surface area (Å²) < 4.78 is 1.63. The maximum absolute atomic E-state index is 13.0. The number of rotatable bonds is 3. The Labute approximate surface area is 168 Å². The molecule has 3 aromatic carbocycles. The van der Waals surface area contributed by atoms with Crippen molar-refractivity contribution in [3.05, 3.63) is 105 Å². The summed E-state index contributed by atoms with van der Waals surface area (Å²) in [6.07, 6.45) is 0. The van der Waals surface area contributed by atoms with Gasteiger partial charge in [0.1, 0.15) is 4.67 Å². The highest BCUT2D eigenvalue weighted by molar-refractivity contribution is 7.06. The molecule has 0 spiro atoms. The van der Waals surface area contributed by atoms with Crippen LogP contribution in [0, 0.1) is 10.1 Å². The van der Waals surface area contributed by atoms with Crippen molar-refractivity contribution >= 4 is 39.9 Å². The summed E-state index contributed by atoms with van der Waals surface area (Å²) in [5.74, 6) is -0.789. The average molecular weight is 403 g/mol. The van der Waals surface area contributed by atoms with Gasteiger partial charge >= 0.3 is 0 Å². The van der Waals surface area contributed by atoms with Gasteiger partial charge < -0.3 is 0 Å². The van der Waals surface area contributed by atoms with E-state index in [0.717, 1.165) is 11.5 Å². The Morgan fingerprint density at radius 1 is 0.897 bits per heavy atom. The summed E-state index contributed by atoms with van der Waals surface area (Å²) in [6, 6.07) is 21.3. The number of amides is 1. The highest BCUT2D eigenvalue weighted by Crippen LogP contribution is 2.22. The Morgan fingerprint density at radius 2 is 1.52 bits per heavy atom. The van der Waals surface area contributed by atoms with Crippen LogP contribution in [0.4, 0.5) is 5.69 Å². The molecule has 0 aliphatic rings. The van der Waals surface area contributed by atoms with E-state index in [1.807, 2.05) is 0 Å². The third kappa shape index (κ3) is 3.61. The second-order valence-corrected chi connectivity index (χ2v) is 7.04. The summed E-state index contributed by atoms with van der Waals surface area (Å²) >= 11 is 0.976. The van der Waals surface area contributed by atoms with E-state index in [9.17, 15) is 19.7 Å². The lowest BCUT2D eigenvalue weighted by atomic mass is 10.2. The van der Waals surface area contributed by atoms with Gasteiger partial charge in [-0.2, -0.15) is 4.99 Å². The van der Waals surface area contributed by atoms with Crippen molar-refractivity contribution in [2.24, 2.45) is 4.99 Å². The lowest BCUT2D eigenvalue weighted by Gasteiger charge is -2.02. The normalized spacial score (nSPS) is 11.5. The molecule has 142 valence electrons. The first kappa shape index (κ1) is 18.5. The third-order valence-corrected chi connectivity index (χ3v) is 5.28. The minimum Gasteiger partial charge on any atom is -0.267 e. The van der Waals surface area contributed by atoms with E-state index in [0.29, 0.717) is 22.0 Å². The highest BCUT2D eigenvalue weighted by atomic mass is 32.1. The average Bonchev–Trinajstić information content (AvgIpc) is 3.12. The number of benzene rings is 3. The molecule has 4 rings (SSSR count). The number of aromatic nitrogens is 1. The minimum absolute atomic E-state index is 0.141. The van der Waals surface area contributed by atoms with Gasteiger partial charge in [-0.25, -0.2) is 3.96 Å². The molecular weight excluding hydrogens is 390 g/mol. The van der Waals surface area contributed by atoms with Gasteiger partial charge in [0.2, 0.25) is 0 Å². The SMILES string of the molecule is O=C(N=c1sn(C(=O)c2ccccc2)c2ccc([N+](=O)[O-])cc12)c1ccccc1. The van der Waals surface area contributed by atoms with Gasteiger partial charge in [-0.05, 0) is 41.9 Å². The van der Waals surface area contributed by atoms with Gasteiger partial charge in [0.25, 0.3) is 17.5 Å². The Bertz CT molecular complexity index is 1310. The number of hydrogen-bond donors (Lipinski definition) is 0. The van der Waals surface area contributed by atoms with Crippen LogP contribution in [-0.4, -0.2) is 20.7 Å². The van der Waals surface area contributed by atoms with Crippen molar-refractivity contribution < 1.29 is 14.5 Å². The van der Waals surface area contributed by atoms with E-state index in [1.54, 1.807) is 60.7 Å². The van der Waals surface area contributed by atoms with Gasteiger partial charge in [-0.1, -0.05) is 36.4 Å². The fourth-order valence-electron chi connectivity index (χ4n) is 2.84. The van der Waals surface area contributed by atoms with E-state index in [-0.39, 0.29) is 16.3 Å². The molecule has 1 heterocycles. The molecule has 0 aliphatic carbocycles. The predicted molar refractivity (Wildman–Crippen MR) is 109 cm³/mol. The third-order valence-electron chi connectivity index (χ3n) is 4.25. The maximum Gasteiger partial charge on any atom is 0.278 e. The van der Waals surface area contributed by atoms with Crippen LogP contribution in [0.25, 0.3) is 10.9 Å². The molecule has 0 radical (unpaired) electrons. The number of carbonyl (C=O) groups is 2. The summed E-state index contributed by atoms with van der Waals surface area (Å²) in [5.41, 5.74) is 1.16. The first-order chi connectivity index (χ1) is 14.0. The molecule has 0 aliphatic heterocycles. The summed E-state index contributed by atoms with van der Waals surface area (Å²) in [6.45, 7) is 0. The van der Waals surface area contributed by atoms with Crippen LogP contribution in [0.5, 0.6) is 0 Å². The Balaban J connectivity index is 1.92. The quantitative estimate of drug-likeness (QED) is 0.381. The Hall–Kier alpha value is -3.91. The van der Waals surface area contributed by atoms with Crippen molar-refractivity contribution in [2.45, 2.75) is 0 Å². The fourth-order valence-corrected chi connectivity index (χ4v) is 3.84. The number of hydrogen-bond acceptors (Lipinski definition) is 5. The van der Waals surface area contributed by atoms with E-state index >= 15 is 0 Å². The van der Waals surface area contributed by atoms with Crippen LogP contribution in [0.15, 0.2) is 83.9 Å². The molecule has 0 unspecified atom stereocenters. The maximum atomic E-state index is 13.0. The van der Waals surface area contributed by atoms with Crippen molar-refractivity contribution in [3.8, 4) is 0 Å². The van der Waals surface area contributed by atoms with Gasteiger partial charge in [0, 0.05) is 28.6 Å². The van der Waals surface area contributed by atoms with Crippen LogP contribution in [0.2, 0.25) is 0 Å². The standard InChI is InChI=1S/C21H13N3O4S/c25-19(14-7-3-1-4-8-14)22-20-17-13-16(24(27)28)11-12-18(17)23(29-20)21(26)15-9-5-2-6-10-15/h1-13H. The van der Waals surface area contributed by atoms with E-state index < -0.39 is 10.8 Å². The first-order valence-electron chi connectivity index (χ1n) is 8.59. The van der Waals surface area contributed by atoms with Crippen LogP contribution >= 0.6 is 11.5 Å². The van der Waals surface area contributed by atoms with Crippen molar-refractivity contribution in [3.63, 3.8) is 0 Å². The lowest BCUT2D eigenvalue weighted by molar-refractivity contribution is -0.384. The number of carbonyl (C=O) groups excluding carboxylic acids is 2. The van der Waals surface area contributed by atoms with Crippen molar-refractivity contribution in [1.29, 1.82) is 0 Å². The number of nitrogens with zero attached hydrogens (tertiary/aromatic N) is 3. The van der Waals surface area contributed by atoms with Crippen LogP contribution in [-0.2, 0) is 0 Å². The highest BCUT2D eigenvalue weighted by Gasteiger charge is 2.18. The number of fused-ring (bicyclic) bond motifs is 1. The molecule has 7 nitrogen and oxygen atoms in total. The Kier molecular flexibility index (Phi) is 4.84. The van der Waals surface area contributed by atoms with Crippen molar-refractivity contribution in [2.75, 3.05) is 0 Å². The number of nitro benzene ring substituents is 1. The monoisotopic (exact) mass is 403 g/mol. The van der Waals surface area contributed by atoms with Crippen LogP contribution < -0.4 is 4.67 Å². The van der Waals surface area contributed by atoms with Gasteiger partial charge in [0.05, 0.1) is 10.4 Å². The molecule has 0 fully saturated rings. The lowest BCUT2D eigenvalue weighted by Crippen LogP contribution is -2.09. The smallest absolute Gasteiger partial charge is 0.267 e. The van der Waals surface area contributed by atoms with Crippen LogP contribution in [0.3, 0.4) is 0 Å². The van der Waals surface area contributed by atoms with Crippen molar-refractivity contribution in [1.82, 2.24) is 3.96 Å². The van der Waals surface area contributed by atoms with Gasteiger partial charge in [0.15, 0.2) is 0 Å². The number of nitro groups is 1. The van der Waals surface area contributed by atoms with Gasteiger partial charge in [-0.15, -0.1) is 0 Å². The summed E-state index contributed by atoms with van der Waals surface area (Å²) in [5, 5.41) is 11.6. The first-order valence-corrected chi connectivity index (χ1v) is 9.36. The second kappa shape index (κ2) is 7.61. The summed E-state index contributed by atoms with van der Waals surface area (Å²) in [4.78, 5) is 40.3. The van der Waals surface area contributed by atoms with Crippen LogP contribution in [0.1, 0.15) is 20.7 Å². The largest absolute Gasteiger partial charge is 0.278 e. The van der Waals surface area contributed by atoms with E-state index in [2.05, 4.69) is 4.99 Å². The summed E-state index contributed by atoms with van der Waals surface area (Å²) in [7, 11) is 0. The topological polar surface area (TPSA) is 94.6 Å². The molecule has 1 aromatic heterocycles. The molecule has 1 amide bonds. The zero-order chi connectivity index (χ0) is 20.4. The molecule has 0 saturated carbocycles. The van der Waals surface area contributed by atoms with E-state index in [1.165, 1.54) is 22.2 Å². The zero-order valence-corrected chi connectivity index (χ0v) is 15.7. The predicted octanol–water partition coefficient (Wildman–Crippen LogP) is 4.04. The van der Waals surface area contributed by atoms with E-state index in [4.69, 9.17) is 0 Å². The minimum atomic E-state index is -0.525. The molecular formula is C21H13N3O4S. The molecule has 0 atom stereocenters. The number of non-ortho nitro benzene ring substituents is 1.